The van der Waals surface area contributed by atoms with Crippen LogP contribution in [-0.4, -0.2) is 19.1 Å². The van der Waals surface area contributed by atoms with Gasteiger partial charge in [0.25, 0.3) is 0 Å². The van der Waals surface area contributed by atoms with E-state index >= 15 is 0 Å². The van der Waals surface area contributed by atoms with Gasteiger partial charge in [-0.2, -0.15) is 0 Å². The van der Waals surface area contributed by atoms with E-state index in [1.165, 1.54) is 12.1 Å². The Morgan fingerprint density at radius 1 is 1.25 bits per heavy atom. The molecule has 90 valence electrons. The Bertz CT molecular complexity index is 351. The Labute approximate surface area is 95.1 Å². The smallest absolute Gasteiger partial charge is 0.130 e. The monoisotopic (exact) mass is 228 g/mol. The summed E-state index contributed by atoms with van der Waals surface area (Å²) in [6.07, 6.45) is 0. The predicted octanol–water partition coefficient (Wildman–Crippen LogP) is 2.05. The first-order chi connectivity index (χ1) is 7.44. The summed E-state index contributed by atoms with van der Waals surface area (Å²) in [6, 6.07) is 3.64. The fourth-order valence-electron chi connectivity index (χ4n) is 1.50. The van der Waals surface area contributed by atoms with Gasteiger partial charge in [0.2, 0.25) is 0 Å². The average Bonchev–Trinajstić information content (AvgIpc) is 2.16. The van der Waals surface area contributed by atoms with E-state index in [-0.39, 0.29) is 5.54 Å². The Kier molecular flexibility index (Phi) is 4.38. The number of rotatable bonds is 5. The molecule has 16 heavy (non-hydrogen) atoms. The number of nitrogens with one attached hydrogen (secondary N) is 2. The molecular weight excluding hydrogens is 210 g/mol. The maximum atomic E-state index is 13.3. The summed E-state index contributed by atoms with van der Waals surface area (Å²) in [5, 5.41) is 6.26. The van der Waals surface area contributed by atoms with Gasteiger partial charge in [-0.25, -0.2) is 8.78 Å². The maximum absolute atomic E-state index is 13.3. The van der Waals surface area contributed by atoms with Crippen LogP contribution in [0.2, 0.25) is 0 Å². The summed E-state index contributed by atoms with van der Waals surface area (Å²) in [4.78, 5) is 0. The number of hydrogen-bond acceptors (Lipinski definition) is 2. The maximum Gasteiger partial charge on any atom is 0.130 e. The standard InChI is InChI=1S/C12H18F2N2/c1-12(2,8-15-3)16-7-9-4-5-10(13)6-11(9)14/h4-6,15-16H,7-8H2,1-3H3. The van der Waals surface area contributed by atoms with Crippen molar-refractivity contribution in [3.05, 3.63) is 35.4 Å². The van der Waals surface area contributed by atoms with Crippen molar-refractivity contribution in [1.29, 1.82) is 0 Å². The third-order valence-electron chi connectivity index (χ3n) is 2.39. The van der Waals surface area contributed by atoms with Crippen LogP contribution >= 0.6 is 0 Å². The molecule has 2 nitrogen and oxygen atoms in total. The lowest BCUT2D eigenvalue weighted by Gasteiger charge is -2.26. The second-order valence-electron chi connectivity index (χ2n) is 4.50. The van der Waals surface area contributed by atoms with Crippen LogP contribution in [0, 0.1) is 11.6 Å². The lowest BCUT2D eigenvalue weighted by molar-refractivity contribution is 0.370. The van der Waals surface area contributed by atoms with Crippen molar-refractivity contribution in [2.24, 2.45) is 0 Å². The van der Waals surface area contributed by atoms with Crippen molar-refractivity contribution in [2.45, 2.75) is 25.9 Å². The van der Waals surface area contributed by atoms with E-state index < -0.39 is 11.6 Å². The first-order valence-electron chi connectivity index (χ1n) is 5.28. The number of hydrogen-bond donors (Lipinski definition) is 2. The zero-order chi connectivity index (χ0) is 12.2. The summed E-state index contributed by atoms with van der Waals surface area (Å²) >= 11 is 0. The lowest BCUT2D eigenvalue weighted by atomic mass is 10.1. The summed E-state index contributed by atoms with van der Waals surface area (Å²) in [5.41, 5.74) is 0.348. The first kappa shape index (κ1) is 13.1. The van der Waals surface area contributed by atoms with Crippen LogP contribution in [0.1, 0.15) is 19.4 Å². The third-order valence-corrected chi connectivity index (χ3v) is 2.39. The molecule has 0 heterocycles. The lowest BCUT2D eigenvalue weighted by Crippen LogP contribution is -2.46. The van der Waals surface area contributed by atoms with Crippen LogP contribution in [0.15, 0.2) is 18.2 Å². The van der Waals surface area contributed by atoms with Crippen LogP contribution < -0.4 is 10.6 Å². The van der Waals surface area contributed by atoms with Gasteiger partial charge < -0.3 is 10.6 Å². The molecule has 4 heteroatoms. The van der Waals surface area contributed by atoms with Crippen molar-refractivity contribution >= 4 is 0 Å². The van der Waals surface area contributed by atoms with Gasteiger partial charge in [-0.05, 0) is 27.0 Å². The molecule has 0 spiro atoms. The molecule has 2 N–H and O–H groups in total. The summed E-state index contributed by atoms with van der Waals surface area (Å²) in [5.74, 6) is -1.05. The van der Waals surface area contributed by atoms with Gasteiger partial charge in [0, 0.05) is 30.3 Å². The minimum absolute atomic E-state index is 0.129. The van der Waals surface area contributed by atoms with Gasteiger partial charge in [-0.3, -0.25) is 0 Å². The van der Waals surface area contributed by atoms with Gasteiger partial charge >= 0.3 is 0 Å². The van der Waals surface area contributed by atoms with Gasteiger partial charge in [0.05, 0.1) is 0 Å². The molecule has 0 amide bonds. The molecule has 0 aliphatic carbocycles. The third kappa shape index (κ3) is 3.87. The van der Waals surface area contributed by atoms with Crippen LogP contribution in [0.25, 0.3) is 0 Å². The largest absolute Gasteiger partial charge is 0.318 e. The van der Waals surface area contributed by atoms with Crippen molar-refractivity contribution in [2.75, 3.05) is 13.6 Å². The highest BCUT2D eigenvalue weighted by molar-refractivity contribution is 5.18. The van der Waals surface area contributed by atoms with Gasteiger partial charge in [-0.1, -0.05) is 6.07 Å². The van der Waals surface area contributed by atoms with Crippen molar-refractivity contribution < 1.29 is 8.78 Å². The fourth-order valence-corrected chi connectivity index (χ4v) is 1.50. The molecule has 0 fully saturated rings. The molecule has 0 unspecified atom stereocenters. The van der Waals surface area contributed by atoms with Crippen molar-refractivity contribution in [3.8, 4) is 0 Å². The molecule has 0 saturated carbocycles. The molecule has 1 rings (SSSR count). The number of benzene rings is 1. The fraction of sp³-hybridized carbons (Fsp3) is 0.500. The van der Waals surface area contributed by atoms with E-state index in [1.54, 1.807) is 0 Å². The van der Waals surface area contributed by atoms with E-state index in [0.29, 0.717) is 12.1 Å². The molecule has 1 aromatic carbocycles. The molecule has 0 aromatic heterocycles. The molecule has 0 bridgehead atoms. The van der Waals surface area contributed by atoms with Gasteiger partial charge in [0.15, 0.2) is 0 Å². The number of halogens is 2. The quantitative estimate of drug-likeness (QED) is 0.806. The van der Waals surface area contributed by atoms with Crippen LogP contribution in [0.3, 0.4) is 0 Å². The SMILES string of the molecule is CNCC(C)(C)NCc1ccc(F)cc1F. The molecule has 0 atom stereocenters. The molecule has 0 aliphatic heterocycles. The zero-order valence-electron chi connectivity index (χ0n) is 9.90. The van der Waals surface area contributed by atoms with Crippen molar-refractivity contribution in [3.63, 3.8) is 0 Å². The highest BCUT2D eigenvalue weighted by Gasteiger charge is 2.16. The molecule has 0 radical (unpaired) electrons. The minimum atomic E-state index is -0.546. The zero-order valence-corrected chi connectivity index (χ0v) is 9.90. The Balaban J connectivity index is 2.61. The van der Waals surface area contributed by atoms with Gasteiger partial charge in [0.1, 0.15) is 11.6 Å². The summed E-state index contributed by atoms with van der Waals surface area (Å²) in [7, 11) is 1.86. The van der Waals surface area contributed by atoms with Crippen LogP contribution in [-0.2, 0) is 6.54 Å². The van der Waals surface area contributed by atoms with E-state index in [4.69, 9.17) is 0 Å². The normalized spacial score (nSPS) is 11.8. The van der Waals surface area contributed by atoms with E-state index in [1.807, 2.05) is 20.9 Å². The molecule has 0 saturated heterocycles. The highest BCUT2D eigenvalue weighted by atomic mass is 19.1. The van der Waals surface area contributed by atoms with Crippen LogP contribution in [0.4, 0.5) is 8.78 Å². The summed E-state index contributed by atoms with van der Waals surface area (Å²) in [6.45, 7) is 5.20. The second-order valence-corrected chi connectivity index (χ2v) is 4.50. The Morgan fingerprint density at radius 2 is 1.94 bits per heavy atom. The van der Waals surface area contributed by atoms with Gasteiger partial charge in [-0.15, -0.1) is 0 Å². The predicted molar refractivity (Wildman–Crippen MR) is 61.2 cm³/mol. The Hall–Kier alpha value is -1.00. The average molecular weight is 228 g/mol. The first-order valence-corrected chi connectivity index (χ1v) is 5.28. The number of likely N-dealkylation sites (N-methyl/N-ethyl adjacent to an activating group) is 1. The van der Waals surface area contributed by atoms with E-state index in [2.05, 4.69) is 10.6 Å². The minimum Gasteiger partial charge on any atom is -0.318 e. The van der Waals surface area contributed by atoms with E-state index in [0.717, 1.165) is 12.6 Å². The second kappa shape index (κ2) is 5.37. The molecule has 0 aliphatic rings. The highest BCUT2D eigenvalue weighted by Crippen LogP contribution is 2.11. The Morgan fingerprint density at radius 3 is 2.50 bits per heavy atom. The molecule has 1 aromatic rings. The van der Waals surface area contributed by atoms with E-state index in [9.17, 15) is 8.78 Å². The summed E-state index contributed by atoms with van der Waals surface area (Å²) < 4.78 is 26.0. The molecular formula is C12H18F2N2. The topological polar surface area (TPSA) is 24.1 Å². The van der Waals surface area contributed by atoms with Crippen LogP contribution in [0.5, 0.6) is 0 Å². The van der Waals surface area contributed by atoms with Crippen molar-refractivity contribution in [1.82, 2.24) is 10.6 Å².